The lowest BCUT2D eigenvalue weighted by atomic mass is 10.0. The van der Waals surface area contributed by atoms with Gasteiger partial charge in [-0.1, -0.05) is 48.5 Å². The summed E-state index contributed by atoms with van der Waals surface area (Å²) in [6.07, 6.45) is 1.75. The Hall–Kier alpha value is -3.79. The summed E-state index contributed by atoms with van der Waals surface area (Å²) in [5, 5.41) is 13.1. The number of hydrogen-bond donors (Lipinski definition) is 0. The van der Waals surface area contributed by atoms with Crippen LogP contribution in [0.1, 0.15) is 5.56 Å². The van der Waals surface area contributed by atoms with Crippen molar-refractivity contribution in [1.29, 1.82) is 0 Å². The summed E-state index contributed by atoms with van der Waals surface area (Å²) in [5.41, 5.74) is 6.80. The molecule has 5 rings (SSSR count). The van der Waals surface area contributed by atoms with Gasteiger partial charge < -0.3 is 0 Å². The van der Waals surface area contributed by atoms with Crippen LogP contribution in [0.3, 0.4) is 0 Å². The van der Waals surface area contributed by atoms with Crippen molar-refractivity contribution in [3.8, 4) is 22.3 Å². The molecule has 1 aliphatic carbocycles. The van der Waals surface area contributed by atoms with Gasteiger partial charge in [0.25, 0.3) is 5.69 Å². The molecule has 0 radical (unpaired) electrons. The number of rotatable bonds is 3. The zero-order valence-corrected chi connectivity index (χ0v) is 14.3. The third-order valence-electron chi connectivity index (χ3n) is 4.98. The molecule has 4 aromatic rings. The monoisotopic (exact) mass is 350 g/mol. The highest BCUT2D eigenvalue weighted by molar-refractivity contribution is 6.18. The van der Waals surface area contributed by atoms with Crippen LogP contribution in [0.25, 0.3) is 33.0 Å². The van der Waals surface area contributed by atoms with Crippen molar-refractivity contribution in [3.05, 3.63) is 94.5 Å². The van der Waals surface area contributed by atoms with E-state index in [1.165, 1.54) is 39.8 Å². The van der Waals surface area contributed by atoms with Crippen molar-refractivity contribution >= 4 is 28.4 Å². The molecular weight excluding hydrogens is 336 g/mol. The largest absolute Gasteiger partial charge is 0.269 e. The summed E-state index contributed by atoms with van der Waals surface area (Å²) in [6, 6.07) is 25.3. The molecule has 0 bridgehead atoms. The molecule has 128 valence electrons. The standard InChI is InChI=1S/C23H14N2O2/c26-25(27)16-10-8-15(9-11-16)14-24-22-13-12-20-18-5-2-1-4-17(18)19-6-3-7-21(22)23(19)20/h1-14H. The van der Waals surface area contributed by atoms with Crippen LogP contribution >= 0.6 is 0 Å². The summed E-state index contributed by atoms with van der Waals surface area (Å²) < 4.78 is 0. The van der Waals surface area contributed by atoms with Gasteiger partial charge in [-0.05, 0) is 51.4 Å². The number of hydrogen-bond acceptors (Lipinski definition) is 3. The molecule has 0 amide bonds. The minimum atomic E-state index is -0.401. The van der Waals surface area contributed by atoms with Crippen molar-refractivity contribution in [2.24, 2.45) is 4.99 Å². The van der Waals surface area contributed by atoms with Gasteiger partial charge in [-0.2, -0.15) is 0 Å². The van der Waals surface area contributed by atoms with Crippen molar-refractivity contribution in [2.75, 3.05) is 0 Å². The summed E-state index contributed by atoms with van der Waals surface area (Å²) >= 11 is 0. The smallest absolute Gasteiger partial charge is 0.258 e. The first kappa shape index (κ1) is 15.5. The Morgan fingerprint density at radius 1 is 0.741 bits per heavy atom. The van der Waals surface area contributed by atoms with Crippen LogP contribution in [0.2, 0.25) is 0 Å². The van der Waals surface area contributed by atoms with Gasteiger partial charge in [-0.25, -0.2) is 0 Å². The molecule has 0 aromatic heterocycles. The molecule has 0 saturated heterocycles. The third-order valence-corrected chi connectivity index (χ3v) is 4.98. The Morgan fingerprint density at radius 2 is 1.41 bits per heavy atom. The molecule has 27 heavy (non-hydrogen) atoms. The van der Waals surface area contributed by atoms with Crippen LogP contribution in [0.5, 0.6) is 0 Å². The zero-order chi connectivity index (χ0) is 18.4. The van der Waals surface area contributed by atoms with Gasteiger partial charge in [0.05, 0.1) is 10.6 Å². The van der Waals surface area contributed by atoms with Gasteiger partial charge in [0.2, 0.25) is 0 Å². The van der Waals surface area contributed by atoms with Gasteiger partial charge >= 0.3 is 0 Å². The van der Waals surface area contributed by atoms with E-state index in [9.17, 15) is 10.1 Å². The van der Waals surface area contributed by atoms with Crippen molar-refractivity contribution in [1.82, 2.24) is 0 Å². The van der Waals surface area contributed by atoms with E-state index in [4.69, 9.17) is 0 Å². The lowest BCUT2D eigenvalue weighted by Crippen LogP contribution is -1.88. The molecule has 0 fully saturated rings. The van der Waals surface area contributed by atoms with E-state index >= 15 is 0 Å². The first-order valence-corrected chi connectivity index (χ1v) is 8.66. The third kappa shape index (κ3) is 2.42. The van der Waals surface area contributed by atoms with E-state index in [0.29, 0.717) is 0 Å². The van der Waals surface area contributed by atoms with Gasteiger partial charge in [-0.15, -0.1) is 0 Å². The van der Waals surface area contributed by atoms with E-state index in [1.807, 2.05) is 6.07 Å². The van der Waals surface area contributed by atoms with Crippen LogP contribution in [-0.2, 0) is 0 Å². The Bertz CT molecular complexity index is 1210. The maximum atomic E-state index is 10.8. The molecule has 0 atom stereocenters. The van der Waals surface area contributed by atoms with E-state index in [2.05, 4.69) is 53.5 Å². The quantitative estimate of drug-likeness (QED) is 0.223. The summed E-state index contributed by atoms with van der Waals surface area (Å²) in [5.74, 6) is 0. The second-order valence-corrected chi connectivity index (χ2v) is 6.51. The molecule has 0 spiro atoms. The van der Waals surface area contributed by atoms with Gasteiger partial charge in [0.1, 0.15) is 0 Å². The molecular formula is C23H14N2O2. The Balaban J connectivity index is 1.60. The molecule has 0 unspecified atom stereocenters. The lowest BCUT2D eigenvalue weighted by Gasteiger charge is -2.05. The summed E-state index contributed by atoms with van der Waals surface area (Å²) in [4.78, 5) is 15.0. The molecule has 0 heterocycles. The first-order valence-electron chi connectivity index (χ1n) is 8.66. The molecule has 4 aromatic carbocycles. The minimum Gasteiger partial charge on any atom is -0.258 e. The fraction of sp³-hybridized carbons (Fsp3) is 0. The highest BCUT2D eigenvalue weighted by atomic mass is 16.6. The van der Waals surface area contributed by atoms with Crippen LogP contribution < -0.4 is 0 Å². The maximum Gasteiger partial charge on any atom is 0.269 e. The number of benzene rings is 4. The fourth-order valence-corrected chi connectivity index (χ4v) is 3.73. The molecule has 4 nitrogen and oxygen atoms in total. The number of nitro benzene ring substituents is 1. The fourth-order valence-electron chi connectivity index (χ4n) is 3.73. The highest BCUT2D eigenvalue weighted by Gasteiger charge is 2.21. The normalized spacial score (nSPS) is 11.9. The van der Waals surface area contributed by atoms with Gasteiger partial charge in [0.15, 0.2) is 0 Å². The maximum absolute atomic E-state index is 10.8. The van der Waals surface area contributed by atoms with Crippen LogP contribution in [0, 0.1) is 10.1 Å². The molecule has 4 heteroatoms. The average Bonchev–Trinajstić information content (AvgIpc) is 3.04. The topological polar surface area (TPSA) is 55.5 Å². The average molecular weight is 350 g/mol. The van der Waals surface area contributed by atoms with Crippen molar-refractivity contribution < 1.29 is 4.92 Å². The molecule has 0 N–H and O–H groups in total. The van der Waals surface area contributed by atoms with Crippen LogP contribution in [-0.4, -0.2) is 11.1 Å². The zero-order valence-electron chi connectivity index (χ0n) is 14.3. The van der Waals surface area contributed by atoms with E-state index < -0.39 is 4.92 Å². The summed E-state index contributed by atoms with van der Waals surface area (Å²) in [6.45, 7) is 0. The first-order chi connectivity index (χ1) is 13.2. The second-order valence-electron chi connectivity index (χ2n) is 6.51. The van der Waals surface area contributed by atoms with E-state index in [1.54, 1.807) is 18.3 Å². The van der Waals surface area contributed by atoms with E-state index in [0.717, 1.165) is 16.6 Å². The van der Waals surface area contributed by atoms with E-state index in [-0.39, 0.29) is 5.69 Å². The molecule has 1 aliphatic rings. The SMILES string of the molecule is O=[N+]([O-])c1ccc(C=Nc2ccc3c4c(cccc24)-c2ccccc2-3)cc1. The Labute approximate surface area is 155 Å². The van der Waals surface area contributed by atoms with Gasteiger partial charge in [0, 0.05) is 23.7 Å². The molecule has 0 saturated carbocycles. The van der Waals surface area contributed by atoms with Crippen molar-refractivity contribution in [3.63, 3.8) is 0 Å². The predicted octanol–water partition coefficient (Wildman–Crippen LogP) is 6.15. The number of nitrogens with zero attached hydrogens (tertiary/aromatic N) is 2. The van der Waals surface area contributed by atoms with Crippen LogP contribution in [0.4, 0.5) is 11.4 Å². The minimum absolute atomic E-state index is 0.0789. The second kappa shape index (κ2) is 5.88. The van der Waals surface area contributed by atoms with Gasteiger partial charge in [-0.3, -0.25) is 15.1 Å². The summed E-state index contributed by atoms with van der Waals surface area (Å²) in [7, 11) is 0. The number of nitro groups is 1. The highest BCUT2D eigenvalue weighted by Crippen LogP contribution is 2.48. The number of fused-ring (bicyclic) bond motifs is 3. The Kier molecular flexibility index (Phi) is 3.37. The van der Waals surface area contributed by atoms with Crippen LogP contribution in [0.15, 0.2) is 83.9 Å². The molecule has 0 aliphatic heterocycles. The number of aliphatic imine (C=N–C) groups is 1. The Morgan fingerprint density at radius 3 is 2.11 bits per heavy atom. The van der Waals surface area contributed by atoms with Crippen molar-refractivity contribution in [2.45, 2.75) is 0 Å². The predicted molar refractivity (Wildman–Crippen MR) is 109 cm³/mol. The lowest BCUT2D eigenvalue weighted by molar-refractivity contribution is -0.384. The number of non-ortho nitro benzene ring substituents is 1.